The highest BCUT2D eigenvalue weighted by atomic mass is 32.1. The molecule has 0 radical (unpaired) electrons. The van der Waals surface area contributed by atoms with E-state index in [1.807, 2.05) is 11.3 Å². The Bertz CT molecular complexity index is 217. The molecule has 0 bridgehead atoms. The molecule has 1 unspecified atom stereocenters. The van der Waals surface area contributed by atoms with E-state index in [0.29, 0.717) is 5.92 Å². The highest BCUT2D eigenvalue weighted by molar-refractivity contribution is 7.10. The molecule has 62 valence electrons. The highest BCUT2D eigenvalue weighted by Crippen LogP contribution is 2.18. The number of rotatable bonds is 3. The molecule has 0 aliphatic heterocycles. The molecule has 0 amide bonds. The molecule has 0 fully saturated rings. The van der Waals surface area contributed by atoms with Gasteiger partial charge in [0.25, 0.3) is 0 Å². The standard InChI is InChI=1S/C9H15NS/c1-7(6-10)5-9-8(2)3-4-11-9/h3-4,7H,5-6,10H2,1-2H3. The molecule has 11 heavy (non-hydrogen) atoms. The van der Waals surface area contributed by atoms with Crippen LogP contribution in [0.25, 0.3) is 0 Å². The maximum atomic E-state index is 5.54. The topological polar surface area (TPSA) is 26.0 Å². The Labute approximate surface area is 72.2 Å². The van der Waals surface area contributed by atoms with E-state index in [0.717, 1.165) is 13.0 Å². The lowest BCUT2D eigenvalue weighted by molar-refractivity contribution is 0.597. The second-order valence-electron chi connectivity index (χ2n) is 3.07. The van der Waals surface area contributed by atoms with Crippen molar-refractivity contribution in [3.05, 3.63) is 21.9 Å². The van der Waals surface area contributed by atoms with E-state index >= 15 is 0 Å². The van der Waals surface area contributed by atoms with E-state index in [2.05, 4.69) is 25.3 Å². The predicted octanol–water partition coefficient (Wildman–Crippen LogP) is 2.19. The third-order valence-electron chi connectivity index (χ3n) is 1.90. The van der Waals surface area contributed by atoms with Crippen LogP contribution in [0.2, 0.25) is 0 Å². The molecular weight excluding hydrogens is 154 g/mol. The van der Waals surface area contributed by atoms with Crippen LogP contribution in [0.3, 0.4) is 0 Å². The summed E-state index contributed by atoms with van der Waals surface area (Å²) in [6.07, 6.45) is 1.14. The molecule has 1 atom stereocenters. The van der Waals surface area contributed by atoms with Crippen molar-refractivity contribution in [2.24, 2.45) is 11.7 Å². The van der Waals surface area contributed by atoms with E-state index in [9.17, 15) is 0 Å². The quantitative estimate of drug-likeness (QED) is 0.737. The van der Waals surface area contributed by atoms with Gasteiger partial charge in [0.2, 0.25) is 0 Å². The minimum atomic E-state index is 0.618. The minimum absolute atomic E-state index is 0.618. The van der Waals surface area contributed by atoms with Gasteiger partial charge in [0.1, 0.15) is 0 Å². The zero-order chi connectivity index (χ0) is 8.27. The Morgan fingerprint density at radius 3 is 2.82 bits per heavy atom. The molecule has 1 aromatic rings. The fourth-order valence-corrected chi connectivity index (χ4v) is 2.08. The van der Waals surface area contributed by atoms with Gasteiger partial charge in [0.15, 0.2) is 0 Å². The Morgan fingerprint density at radius 1 is 1.64 bits per heavy atom. The first kappa shape index (κ1) is 8.75. The first-order valence-electron chi connectivity index (χ1n) is 3.97. The summed E-state index contributed by atoms with van der Waals surface area (Å²) in [5, 5.41) is 2.15. The number of hydrogen-bond acceptors (Lipinski definition) is 2. The van der Waals surface area contributed by atoms with Crippen LogP contribution in [0.15, 0.2) is 11.4 Å². The van der Waals surface area contributed by atoms with E-state index in [4.69, 9.17) is 5.73 Å². The SMILES string of the molecule is Cc1ccsc1CC(C)CN. The molecule has 1 heterocycles. The molecule has 0 aliphatic rings. The minimum Gasteiger partial charge on any atom is -0.330 e. The number of nitrogens with two attached hydrogens (primary N) is 1. The first-order valence-corrected chi connectivity index (χ1v) is 4.85. The number of hydrogen-bond donors (Lipinski definition) is 1. The van der Waals surface area contributed by atoms with E-state index < -0.39 is 0 Å². The molecule has 0 aromatic carbocycles. The van der Waals surface area contributed by atoms with Gasteiger partial charge in [-0.15, -0.1) is 11.3 Å². The Kier molecular flexibility index (Phi) is 3.09. The van der Waals surface area contributed by atoms with E-state index in [1.54, 1.807) is 0 Å². The van der Waals surface area contributed by atoms with Crippen molar-refractivity contribution >= 4 is 11.3 Å². The first-order chi connectivity index (χ1) is 5.24. The van der Waals surface area contributed by atoms with Gasteiger partial charge in [-0.1, -0.05) is 6.92 Å². The summed E-state index contributed by atoms with van der Waals surface area (Å²) < 4.78 is 0. The van der Waals surface area contributed by atoms with Crippen molar-refractivity contribution < 1.29 is 0 Å². The van der Waals surface area contributed by atoms with Crippen molar-refractivity contribution in [1.29, 1.82) is 0 Å². The maximum absolute atomic E-state index is 5.54. The zero-order valence-corrected chi connectivity index (χ0v) is 7.95. The lowest BCUT2D eigenvalue weighted by Crippen LogP contribution is -2.12. The fourth-order valence-electron chi connectivity index (χ4n) is 1.01. The number of thiophene rings is 1. The number of aryl methyl sites for hydroxylation is 1. The van der Waals surface area contributed by atoms with Gasteiger partial charge in [-0.05, 0) is 42.8 Å². The average molecular weight is 169 g/mol. The third-order valence-corrected chi connectivity index (χ3v) is 2.95. The molecule has 2 N–H and O–H groups in total. The Morgan fingerprint density at radius 2 is 2.36 bits per heavy atom. The van der Waals surface area contributed by atoms with Crippen LogP contribution in [0.1, 0.15) is 17.4 Å². The lowest BCUT2D eigenvalue weighted by Gasteiger charge is -2.06. The maximum Gasteiger partial charge on any atom is 0.00775 e. The Balaban J connectivity index is 2.56. The van der Waals surface area contributed by atoms with Gasteiger partial charge in [0, 0.05) is 4.88 Å². The van der Waals surface area contributed by atoms with Crippen LogP contribution < -0.4 is 5.73 Å². The molecule has 0 spiro atoms. The normalized spacial score (nSPS) is 13.4. The van der Waals surface area contributed by atoms with Gasteiger partial charge in [-0.2, -0.15) is 0 Å². The molecule has 0 aliphatic carbocycles. The molecule has 1 rings (SSSR count). The van der Waals surface area contributed by atoms with Crippen LogP contribution in [0, 0.1) is 12.8 Å². The molecule has 1 aromatic heterocycles. The molecular formula is C9H15NS. The second-order valence-corrected chi connectivity index (χ2v) is 4.07. The van der Waals surface area contributed by atoms with Gasteiger partial charge < -0.3 is 5.73 Å². The zero-order valence-electron chi connectivity index (χ0n) is 7.13. The summed E-state index contributed by atoms with van der Waals surface area (Å²) >= 11 is 1.84. The second kappa shape index (κ2) is 3.88. The summed E-state index contributed by atoms with van der Waals surface area (Å²) in [5.41, 5.74) is 6.96. The molecule has 0 saturated carbocycles. The fraction of sp³-hybridized carbons (Fsp3) is 0.556. The van der Waals surface area contributed by atoms with Gasteiger partial charge in [-0.3, -0.25) is 0 Å². The van der Waals surface area contributed by atoms with Gasteiger partial charge in [0.05, 0.1) is 0 Å². The third kappa shape index (κ3) is 2.31. The van der Waals surface area contributed by atoms with E-state index in [1.165, 1.54) is 10.4 Å². The highest BCUT2D eigenvalue weighted by Gasteiger charge is 2.04. The summed E-state index contributed by atoms with van der Waals surface area (Å²) in [7, 11) is 0. The van der Waals surface area contributed by atoms with Gasteiger partial charge in [-0.25, -0.2) is 0 Å². The molecule has 1 nitrogen and oxygen atoms in total. The summed E-state index contributed by atoms with van der Waals surface area (Å²) in [6, 6.07) is 2.17. The van der Waals surface area contributed by atoms with Crippen LogP contribution >= 0.6 is 11.3 Å². The monoisotopic (exact) mass is 169 g/mol. The van der Waals surface area contributed by atoms with E-state index in [-0.39, 0.29) is 0 Å². The van der Waals surface area contributed by atoms with Crippen molar-refractivity contribution in [3.63, 3.8) is 0 Å². The largest absolute Gasteiger partial charge is 0.330 e. The van der Waals surface area contributed by atoms with Crippen molar-refractivity contribution in [2.45, 2.75) is 20.3 Å². The lowest BCUT2D eigenvalue weighted by atomic mass is 10.1. The summed E-state index contributed by atoms with van der Waals surface area (Å²) in [4.78, 5) is 1.49. The van der Waals surface area contributed by atoms with Gasteiger partial charge >= 0.3 is 0 Å². The van der Waals surface area contributed by atoms with Crippen LogP contribution in [-0.2, 0) is 6.42 Å². The predicted molar refractivity (Wildman–Crippen MR) is 51.0 cm³/mol. The van der Waals surface area contributed by atoms with Crippen molar-refractivity contribution in [1.82, 2.24) is 0 Å². The molecule has 2 heteroatoms. The van der Waals surface area contributed by atoms with Crippen LogP contribution in [0.4, 0.5) is 0 Å². The van der Waals surface area contributed by atoms with Crippen molar-refractivity contribution in [3.8, 4) is 0 Å². The summed E-state index contributed by atoms with van der Waals surface area (Å²) in [6.45, 7) is 5.14. The average Bonchev–Trinajstić information content (AvgIpc) is 2.37. The molecule has 0 saturated heterocycles. The summed E-state index contributed by atoms with van der Waals surface area (Å²) in [5.74, 6) is 0.618. The van der Waals surface area contributed by atoms with Crippen molar-refractivity contribution in [2.75, 3.05) is 6.54 Å². The Hall–Kier alpha value is -0.340. The van der Waals surface area contributed by atoms with Crippen LogP contribution in [0.5, 0.6) is 0 Å². The smallest absolute Gasteiger partial charge is 0.00775 e. The van der Waals surface area contributed by atoms with Crippen LogP contribution in [-0.4, -0.2) is 6.54 Å².